The fourth-order valence-corrected chi connectivity index (χ4v) is 3.95. The van der Waals surface area contributed by atoms with Crippen molar-refractivity contribution in [3.8, 4) is 5.75 Å². The van der Waals surface area contributed by atoms with Gasteiger partial charge in [0.1, 0.15) is 5.75 Å². The Morgan fingerprint density at radius 3 is 2.55 bits per heavy atom. The van der Waals surface area contributed by atoms with Crippen LogP contribution in [0.25, 0.3) is 0 Å². The van der Waals surface area contributed by atoms with E-state index in [1.165, 1.54) is 0 Å². The second kappa shape index (κ2) is 4.83. The summed E-state index contributed by atoms with van der Waals surface area (Å²) < 4.78 is 30.4. The Morgan fingerprint density at radius 1 is 1.10 bits per heavy atom. The summed E-state index contributed by atoms with van der Waals surface area (Å²) in [6.07, 6.45) is 0. The summed E-state index contributed by atoms with van der Waals surface area (Å²) in [6, 6.07) is 13.9. The molecule has 1 unspecified atom stereocenters. The highest BCUT2D eigenvalue weighted by atomic mass is 32.2. The highest BCUT2D eigenvalue weighted by Crippen LogP contribution is 2.35. The van der Waals surface area contributed by atoms with Crippen LogP contribution in [0.15, 0.2) is 53.4 Å². The Kier molecular flexibility index (Phi) is 3.14. The zero-order valence-corrected chi connectivity index (χ0v) is 11.6. The smallest absolute Gasteiger partial charge is 0.179 e. The van der Waals surface area contributed by atoms with Crippen LogP contribution in [-0.4, -0.2) is 20.8 Å². The summed E-state index contributed by atoms with van der Waals surface area (Å²) in [6.45, 7) is 0.410. The van der Waals surface area contributed by atoms with Crippen molar-refractivity contribution < 1.29 is 13.2 Å². The predicted octanol–water partition coefficient (Wildman–Crippen LogP) is 2.22. The van der Waals surface area contributed by atoms with Crippen LogP contribution in [0.4, 0.5) is 5.69 Å². The molecule has 0 aliphatic carbocycles. The molecule has 4 nitrogen and oxygen atoms in total. The van der Waals surface area contributed by atoms with E-state index in [1.807, 2.05) is 24.3 Å². The molecule has 20 heavy (non-hydrogen) atoms. The second-order valence-corrected chi connectivity index (χ2v) is 6.93. The summed E-state index contributed by atoms with van der Waals surface area (Å²) in [7, 11) is -3.34. The van der Waals surface area contributed by atoms with Crippen molar-refractivity contribution in [1.82, 2.24) is 0 Å². The van der Waals surface area contributed by atoms with Gasteiger partial charge in [0, 0.05) is 17.2 Å². The van der Waals surface area contributed by atoms with Crippen LogP contribution in [0.2, 0.25) is 0 Å². The number of sulfone groups is 1. The lowest BCUT2D eigenvalue weighted by Gasteiger charge is -2.10. The van der Waals surface area contributed by atoms with Crippen LogP contribution in [0.3, 0.4) is 0 Å². The lowest BCUT2D eigenvalue weighted by Crippen LogP contribution is -2.16. The lowest BCUT2D eigenvalue weighted by atomic mass is 10.0. The van der Waals surface area contributed by atoms with Gasteiger partial charge in [-0.3, -0.25) is 0 Å². The zero-order chi connectivity index (χ0) is 14.2. The average Bonchev–Trinajstić information content (AvgIpc) is 2.82. The number of hydrogen-bond acceptors (Lipinski definition) is 4. The topological polar surface area (TPSA) is 69.4 Å². The van der Waals surface area contributed by atoms with Crippen molar-refractivity contribution in [3.05, 3.63) is 54.1 Å². The van der Waals surface area contributed by atoms with Gasteiger partial charge in [-0.25, -0.2) is 8.42 Å². The number of benzene rings is 2. The first kappa shape index (κ1) is 13.0. The SMILES string of the molecule is Nc1ccc(S(=O)(=O)CC2COc3ccccc32)cc1. The molecule has 1 aliphatic rings. The molecule has 2 aromatic rings. The summed E-state index contributed by atoms with van der Waals surface area (Å²) in [5, 5.41) is 0. The van der Waals surface area contributed by atoms with Gasteiger partial charge in [-0.05, 0) is 30.3 Å². The first-order valence-electron chi connectivity index (χ1n) is 6.36. The quantitative estimate of drug-likeness (QED) is 0.880. The van der Waals surface area contributed by atoms with E-state index in [-0.39, 0.29) is 11.7 Å². The van der Waals surface area contributed by atoms with E-state index >= 15 is 0 Å². The normalized spacial score (nSPS) is 17.5. The van der Waals surface area contributed by atoms with E-state index in [1.54, 1.807) is 24.3 Å². The molecule has 104 valence electrons. The Bertz CT molecular complexity index is 723. The molecule has 0 aromatic heterocycles. The maximum Gasteiger partial charge on any atom is 0.179 e. The molecule has 3 rings (SSSR count). The fraction of sp³-hybridized carbons (Fsp3) is 0.200. The van der Waals surface area contributed by atoms with Gasteiger partial charge in [0.05, 0.1) is 17.3 Å². The standard InChI is InChI=1S/C15H15NO3S/c16-12-5-7-13(8-6-12)20(17,18)10-11-9-19-15-4-2-1-3-14(11)15/h1-8,11H,9-10,16H2. The first-order valence-corrected chi connectivity index (χ1v) is 8.01. The predicted molar refractivity (Wildman–Crippen MR) is 77.6 cm³/mol. The van der Waals surface area contributed by atoms with Crippen molar-refractivity contribution in [2.75, 3.05) is 18.1 Å². The molecule has 1 aliphatic heterocycles. The molecule has 0 saturated carbocycles. The van der Waals surface area contributed by atoms with Gasteiger partial charge >= 0.3 is 0 Å². The molecular weight excluding hydrogens is 274 g/mol. The van der Waals surface area contributed by atoms with Crippen LogP contribution in [0, 0.1) is 0 Å². The van der Waals surface area contributed by atoms with Crippen LogP contribution in [-0.2, 0) is 9.84 Å². The molecule has 0 saturated heterocycles. The molecule has 2 N–H and O–H groups in total. The largest absolute Gasteiger partial charge is 0.493 e. The van der Waals surface area contributed by atoms with E-state index in [2.05, 4.69) is 0 Å². The Morgan fingerprint density at radius 2 is 1.80 bits per heavy atom. The third kappa shape index (κ3) is 2.36. The summed E-state index contributed by atoms with van der Waals surface area (Å²) >= 11 is 0. The zero-order valence-electron chi connectivity index (χ0n) is 10.8. The Labute approximate surface area is 118 Å². The molecular formula is C15H15NO3S. The minimum absolute atomic E-state index is 0.0495. The molecule has 1 atom stereocenters. The first-order chi connectivity index (χ1) is 9.56. The van der Waals surface area contributed by atoms with Gasteiger partial charge in [-0.2, -0.15) is 0 Å². The van der Waals surface area contributed by atoms with Crippen LogP contribution < -0.4 is 10.5 Å². The van der Waals surface area contributed by atoms with E-state index in [0.29, 0.717) is 17.2 Å². The highest BCUT2D eigenvalue weighted by Gasteiger charge is 2.29. The third-order valence-electron chi connectivity index (χ3n) is 3.46. The van der Waals surface area contributed by atoms with E-state index in [9.17, 15) is 8.42 Å². The van der Waals surface area contributed by atoms with Crippen molar-refractivity contribution >= 4 is 15.5 Å². The van der Waals surface area contributed by atoms with Gasteiger partial charge < -0.3 is 10.5 Å². The summed E-state index contributed by atoms with van der Waals surface area (Å²) in [5.41, 5.74) is 7.10. The Hall–Kier alpha value is -2.01. The third-order valence-corrected chi connectivity index (χ3v) is 5.29. The maximum atomic E-state index is 12.4. The van der Waals surface area contributed by atoms with E-state index in [4.69, 9.17) is 10.5 Å². The number of anilines is 1. The molecule has 0 bridgehead atoms. The van der Waals surface area contributed by atoms with Crippen molar-refractivity contribution in [2.24, 2.45) is 0 Å². The number of ether oxygens (including phenoxy) is 1. The van der Waals surface area contributed by atoms with Gasteiger partial charge in [0.15, 0.2) is 9.84 Å². The Balaban J connectivity index is 1.86. The van der Waals surface area contributed by atoms with Crippen LogP contribution >= 0.6 is 0 Å². The number of nitrogens with two attached hydrogens (primary N) is 1. The molecule has 5 heteroatoms. The van der Waals surface area contributed by atoms with Crippen molar-refractivity contribution in [3.63, 3.8) is 0 Å². The minimum Gasteiger partial charge on any atom is -0.493 e. The molecule has 0 radical (unpaired) electrons. The highest BCUT2D eigenvalue weighted by molar-refractivity contribution is 7.91. The van der Waals surface area contributed by atoms with E-state index < -0.39 is 9.84 Å². The number of para-hydroxylation sites is 1. The average molecular weight is 289 g/mol. The van der Waals surface area contributed by atoms with Crippen molar-refractivity contribution in [1.29, 1.82) is 0 Å². The monoisotopic (exact) mass is 289 g/mol. The molecule has 1 heterocycles. The molecule has 0 fully saturated rings. The van der Waals surface area contributed by atoms with E-state index in [0.717, 1.165) is 11.3 Å². The number of hydrogen-bond donors (Lipinski definition) is 1. The summed E-state index contributed by atoms with van der Waals surface area (Å²) in [4.78, 5) is 0.302. The maximum absolute atomic E-state index is 12.4. The van der Waals surface area contributed by atoms with Gasteiger partial charge in [0.2, 0.25) is 0 Å². The molecule has 0 amide bonds. The van der Waals surface area contributed by atoms with Gasteiger partial charge in [0.25, 0.3) is 0 Å². The number of nitrogen functional groups attached to an aromatic ring is 1. The van der Waals surface area contributed by atoms with Gasteiger partial charge in [-0.1, -0.05) is 18.2 Å². The number of fused-ring (bicyclic) bond motifs is 1. The second-order valence-electron chi connectivity index (χ2n) is 4.90. The lowest BCUT2D eigenvalue weighted by molar-refractivity contribution is 0.337. The van der Waals surface area contributed by atoms with Gasteiger partial charge in [-0.15, -0.1) is 0 Å². The molecule has 0 spiro atoms. The van der Waals surface area contributed by atoms with Crippen LogP contribution in [0.5, 0.6) is 5.75 Å². The van der Waals surface area contributed by atoms with Crippen LogP contribution in [0.1, 0.15) is 11.5 Å². The summed E-state index contributed by atoms with van der Waals surface area (Å²) in [5.74, 6) is 0.715. The van der Waals surface area contributed by atoms with Crippen molar-refractivity contribution in [2.45, 2.75) is 10.8 Å². The molecule has 2 aromatic carbocycles. The fourth-order valence-electron chi connectivity index (χ4n) is 2.40. The minimum atomic E-state index is -3.34. The number of rotatable bonds is 3.